The summed E-state index contributed by atoms with van der Waals surface area (Å²) in [4.78, 5) is 27.1. The van der Waals surface area contributed by atoms with Gasteiger partial charge in [0.25, 0.3) is 11.6 Å². The normalized spacial score (nSPS) is 10.9. The van der Waals surface area contributed by atoms with Crippen LogP contribution in [0, 0.1) is 21.8 Å². The molecule has 0 saturated carbocycles. The van der Waals surface area contributed by atoms with Crippen molar-refractivity contribution in [1.82, 2.24) is 14.8 Å². The first kappa shape index (κ1) is 23.6. The molecule has 0 bridgehead atoms. The van der Waals surface area contributed by atoms with Gasteiger partial charge in [0, 0.05) is 23.4 Å². The summed E-state index contributed by atoms with van der Waals surface area (Å²) in [6, 6.07) is 18.5. The number of amides is 1. The lowest BCUT2D eigenvalue weighted by atomic mass is 10.2. The van der Waals surface area contributed by atoms with Crippen LogP contribution in [0.5, 0.6) is 6.01 Å². The number of nitrogens with zero attached hydrogens (tertiary/aromatic N) is 4. The molecule has 1 aromatic heterocycles. The molecule has 0 unspecified atom stereocenters. The Morgan fingerprint density at radius 2 is 1.77 bits per heavy atom. The molecule has 0 aliphatic heterocycles. The first-order chi connectivity index (χ1) is 16.8. The highest BCUT2D eigenvalue weighted by molar-refractivity contribution is 6.04. The third-order valence-electron chi connectivity index (χ3n) is 4.96. The number of non-ortho nitro benzene ring substituents is 1. The van der Waals surface area contributed by atoms with Gasteiger partial charge in [0.1, 0.15) is 5.82 Å². The standard InChI is InChI=1S/C25H22FN5O4/c1-16(2)15-35-25-28-23(21-5-3-4-6-22(21)26)30(29-25)19-13-9-18(10-14-19)27-24(32)17-7-11-20(12-8-17)31(33)34/h3-14,16H,15H2,1-2H3,(H,27,32). The van der Waals surface area contributed by atoms with E-state index in [9.17, 15) is 19.3 Å². The van der Waals surface area contributed by atoms with E-state index in [1.54, 1.807) is 42.5 Å². The molecule has 0 spiro atoms. The van der Waals surface area contributed by atoms with E-state index >= 15 is 0 Å². The SMILES string of the molecule is CC(C)COc1nc(-c2ccccc2F)n(-c2ccc(NC(=O)c3ccc([N+](=O)[O-])cc3)cc2)n1. The van der Waals surface area contributed by atoms with Crippen molar-refractivity contribution in [1.29, 1.82) is 0 Å². The van der Waals surface area contributed by atoms with Crippen LogP contribution < -0.4 is 10.1 Å². The molecular weight excluding hydrogens is 453 g/mol. The molecule has 4 rings (SSSR count). The molecule has 0 fully saturated rings. The minimum Gasteiger partial charge on any atom is -0.462 e. The van der Waals surface area contributed by atoms with E-state index in [1.165, 1.54) is 35.0 Å². The van der Waals surface area contributed by atoms with Gasteiger partial charge in [0.15, 0.2) is 5.82 Å². The number of nitro groups is 1. The Morgan fingerprint density at radius 1 is 1.09 bits per heavy atom. The zero-order valence-corrected chi connectivity index (χ0v) is 19.0. The van der Waals surface area contributed by atoms with Gasteiger partial charge >= 0.3 is 6.01 Å². The third-order valence-corrected chi connectivity index (χ3v) is 4.96. The predicted octanol–water partition coefficient (Wildman–Crippen LogP) is 5.27. The van der Waals surface area contributed by atoms with Crippen LogP contribution in [-0.2, 0) is 0 Å². The van der Waals surface area contributed by atoms with Crippen LogP contribution in [0.2, 0.25) is 0 Å². The molecule has 4 aromatic rings. The molecule has 178 valence electrons. The van der Waals surface area contributed by atoms with Crippen molar-refractivity contribution in [3.63, 3.8) is 0 Å². The van der Waals surface area contributed by atoms with Crippen molar-refractivity contribution in [3.8, 4) is 23.1 Å². The van der Waals surface area contributed by atoms with Gasteiger partial charge in [-0.25, -0.2) is 9.07 Å². The number of benzene rings is 3. The Hall–Kier alpha value is -4.60. The Labute approximate surface area is 200 Å². The van der Waals surface area contributed by atoms with E-state index in [0.29, 0.717) is 18.0 Å². The van der Waals surface area contributed by atoms with E-state index < -0.39 is 16.6 Å². The van der Waals surface area contributed by atoms with Gasteiger partial charge in [-0.05, 0) is 54.4 Å². The Bertz CT molecular complexity index is 1350. The molecule has 35 heavy (non-hydrogen) atoms. The monoisotopic (exact) mass is 475 g/mol. The van der Waals surface area contributed by atoms with Gasteiger partial charge in [-0.3, -0.25) is 14.9 Å². The predicted molar refractivity (Wildman–Crippen MR) is 128 cm³/mol. The molecule has 10 heteroatoms. The molecule has 0 atom stereocenters. The lowest BCUT2D eigenvalue weighted by molar-refractivity contribution is -0.384. The van der Waals surface area contributed by atoms with E-state index in [1.807, 2.05) is 13.8 Å². The molecule has 0 aliphatic rings. The highest BCUT2D eigenvalue weighted by Crippen LogP contribution is 2.26. The maximum absolute atomic E-state index is 14.5. The highest BCUT2D eigenvalue weighted by Gasteiger charge is 2.18. The van der Waals surface area contributed by atoms with E-state index in [0.717, 1.165) is 0 Å². The van der Waals surface area contributed by atoms with Gasteiger partial charge in [-0.1, -0.05) is 26.0 Å². The van der Waals surface area contributed by atoms with Gasteiger partial charge in [-0.15, -0.1) is 5.10 Å². The fraction of sp³-hybridized carbons (Fsp3) is 0.160. The first-order valence-corrected chi connectivity index (χ1v) is 10.8. The van der Waals surface area contributed by atoms with Gasteiger partial charge < -0.3 is 10.1 Å². The second-order valence-corrected chi connectivity index (χ2v) is 8.12. The summed E-state index contributed by atoms with van der Waals surface area (Å²) >= 11 is 0. The molecule has 1 N–H and O–H groups in total. The molecule has 1 heterocycles. The quantitative estimate of drug-likeness (QED) is 0.274. The summed E-state index contributed by atoms with van der Waals surface area (Å²) in [5, 5.41) is 17.9. The number of nitrogens with one attached hydrogen (secondary N) is 1. The van der Waals surface area contributed by atoms with Gasteiger partial charge in [0.05, 0.1) is 22.8 Å². The number of halogens is 1. The zero-order chi connectivity index (χ0) is 24.9. The maximum atomic E-state index is 14.5. The van der Waals surface area contributed by atoms with Crippen molar-refractivity contribution in [2.45, 2.75) is 13.8 Å². The average Bonchev–Trinajstić information content (AvgIpc) is 3.27. The minimum absolute atomic E-state index is 0.0962. The third kappa shape index (κ3) is 5.49. The van der Waals surface area contributed by atoms with Crippen molar-refractivity contribution >= 4 is 17.3 Å². The molecule has 1 amide bonds. The van der Waals surface area contributed by atoms with Crippen LogP contribution in [0.3, 0.4) is 0 Å². The van der Waals surface area contributed by atoms with Gasteiger partial charge in [0.2, 0.25) is 0 Å². The summed E-state index contributed by atoms with van der Waals surface area (Å²) in [7, 11) is 0. The maximum Gasteiger partial charge on any atom is 0.336 e. The number of hydrogen-bond acceptors (Lipinski definition) is 6. The van der Waals surface area contributed by atoms with Gasteiger partial charge in [-0.2, -0.15) is 4.98 Å². The first-order valence-electron chi connectivity index (χ1n) is 10.8. The van der Waals surface area contributed by atoms with Crippen LogP contribution in [0.1, 0.15) is 24.2 Å². The van der Waals surface area contributed by atoms with Crippen LogP contribution >= 0.6 is 0 Å². The van der Waals surface area contributed by atoms with Crippen LogP contribution in [0.4, 0.5) is 15.8 Å². The van der Waals surface area contributed by atoms with E-state index in [4.69, 9.17) is 4.74 Å². The number of nitro benzene ring substituents is 1. The number of anilines is 1. The van der Waals surface area contributed by atoms with Crippen molar-refractivity contribution in [2.75, 3.05) is 11.9 Å². The summed E-state index contributed by atoms with van der Waals surface area (Å²) < 4.78 is 21.7. The molecule has 0 aliphatic carbocycles. The second-order valence-electron chi connectivity index (χ2n) is 8.12. The van der Waals surface area contributed by atoms with Crippen molar-refractivity contribution < 1.29 is 18.8 Å². The summed E-state index contributed by atoms with van der Waals surface area (Å²) in [5.41, 5.74) is 1.55. The summed E-state index contributed by atoms with van der Waals surface area (Å²) in [6.07, 6.45) is 0. The number of carbonyl (C=O) groups is 1. The number of ether oxygens (including phenoxy) is 1. The smallest absolute Gasteiger partial charge is 0.336 e. The molecule has 0 saturated heterocycles. The zero-order valence-electron chi connectivity index (χ0n) is 19.0. The Kier molecular flexibility index (Phi) is 6.81. The topological polar surface area (TPSA) is 112 Å². The summed E-state index contributed by atoms with van der Waals surface area (Å²) in [5.74, 6) is -0.310. The van der Waals surface area contributed by atoms with Crippen LogP contribution in [-0.4, -0.2) is 32.2 Å². The molecule has 3 aromatic carbocycles. The summed E-state index contributed by atoms with van der Waals surface area (Å²) in [6.45, 7) is 4.41. The van der Waals surface area contributed by atoms with E-state index in [-0.39, 0.29) is 34.6 Å². The largest absolute Gasteiger partial charge is 0.462 e. The number of hydrogen-bond donors (Lipinski definition) is 1. The Balaban J connectivity index is 1.58. The number of carbonyl (C=O) groups excluding carboxylic acids is 1. The lowest BCUT2D eigenvalue weighted by Crippen LogP contribution is -2.12. The molecule has 9 nitrogen and oxygen atoms in total. The fourth-order valence-electron chi connectivity index (χ4n) is 3.22. The fourth-order valence-corrected chi connectivity index (χ4v) is 3.22. The average molecular weight is 475 g/mol. The lowest BCUT2D eigenvalue weighted by Gasteiger charge is -2.09. The van der Waals surface area contributed by atoms with Crippen molar-refractivity contribution in [3.05, 3.63) is 94.3 Å². The van der Waals surface area contributed by atoms with Crippen LogP contribution in [0.25, 0.3) is 17.1 Å². The minimum atomic E-state index is -0.528. The molecular formula is C25H22FN5O4. The Morgan fingerprint density at radius 3 is 2.40 bits per heavy atom. The van der Waals surface area contributed by atoms with E-state index in [2.05, 4.69) is 15.4 Å². The van der Waals surface area contributed by atoms with Crippen LogP contribution in [0.15, 0.2) is 72.8 Å². The van der Waals surface area contributed by atoms with Crippen molar-refractivity contribution in [2.24, 2.45) is 5.92 Å². The highest BCUT2D eigenvalue weighted by atomic mass is 19.1. The second kappa shape index (κ2) is 10.1. The number of aromatic nitrogens is 3. The molecule has 0 radical (unpaired) electrons. The number of rotatable bonds is 8.